The summed E-state index contributed by atoms with van der Waals surface area (Å²) in [6.07, 6.45) is 24.4. The molecule has 1 amide bonds. The van der Waals surface area contributed by atoms with Gasteiger partial charge in [-0.05, 0) is 31.6 Å². The molecule has 1 saturated carbocycles. The summed E-state index contributed by atoms with van der Waals surface area (Å²) in [6.45, 7) is 4.20. The van der Waals surface area contributed by atoms with Crippen LogP contribution in [0.15, 0.2) is 0 Å². The maximum Gasteiger partial charge on any atom is 0.322 e. The maximum atomic E-state index is 13.0. The number of ether oxygens (including phenoxy) is 2. The summed E-state index contributed by atoms with van der Waals surface area (Å²) in [5, 5.41) is 0. The lowest BCUT2D eigenvalue weighted by molar-refractivity contribution is -0.196. The third-order valence-corrected chi connectivity index (χ3v) is 8.87. The Kier molecular flexibility index (Phi) is 15.2. The van der Waals surface area contributed by atoms with Crippen LogP contribution in [-0.4, -0.2) is 30.6 Å². The highest BCUT2D eigenvalue weighted by molar-refractivity contribution is 6.02. The predicted octanol–water partition coefficient (Wildman–Crippen LogP) is 7.40. The second-order valence-corrected chi connectivity index (χ2v) is 11.6. The van der Waals surface area contributed by atoms with Crippen molar-refractivity contribution >= 4 is 17.8 Å². The molecule has 6 heteroatoms. The molecule has 1 aliphatic heterocycles. The number of nitrogens with two attached hydrogens (primary N) is 1. The van der Waals surface area contributed by atoms with Crippen LogP contribution in [0.1, 0.15) is 149 Å². The van der Waals surface area contributed by atoms with Crippen LogP contribution in [0.5, 0.6) is 0 Å². The number of amides is 1. The standard InChI is InChI=1S/C31H55NO5/c1-3-5-6-7-8-9-10-11-12-13-14-15-16-17-18-19-21-25-22-20-23-31(25,29(32)34)30(35)36-24-27-26(4-2)28(33)37-27/h25-27H,3-24H2,1-2H3,(H2,32,34)/t25?,26-,27+,31-/m0/s1. The topological polar surface area (TPSA) is 95.7 Å². The molecule has 1 aliphatic carbocycles. The fourth-order valence-corrected chi connectivity index (χ4v) is 6.37. The molecule has 2 aliphatic rings. The molecule has 0 aromatic carbocycles. The van der Waals surface area contributed by atoms with Crippen molar-refractivity contribution in [3.05, 3.63) is 0 Å². The fourth-order valence-electron chi connectivity index (χ4n) is 6.37. The lowest BCUT2D eigenvalue weighted by Crippen LogP contribution is -2.51. The second-order valence-electron chi connectivity index (χ2n) is 11.6. The molecule has 1 unspecified atom stereocenters. The van der Waals surface area contributed by atoms with Gasteiger partial charge in [0.05, 0.1) is 5.92 Å². The Morgan fingerprint density at radius 3 is 1.84 bits per heavy atom. The van der Waals surface area contributed by atoms with Gasteiger partial charge in [0, 0.05) is 0 Å². The number of rotatable bonds is 22. The van der Waals surface area contributed by atoms with Crippen LogP contribution in [0, 0.1) is 17.3 Å². The highest BCUT2D eigenvalue weighted by Crippen LogP contribution is 2.47. The Hall–Kier alpha value is -1.59. The van der Waals surface area contributed by atoms with Gasteiger partial charge >= 0.3 is 11.9 Å². The van der Waals surface area contributed by atoms with E-state index in [1.807, 2.05) is 6.92 Å². The van der Waals surface area contributed by atoms with Crippen LogP contribution >= 0.6 is 0 Å². The Labute approximate surface area is 226 Å². The van der Waals surface area contributed by atoms with E-state index in [1.165, 1.54) is 89.9 Å². The zero-order valence-corrected chi connectivity index (χ0v) is 23.9. The Morgan fingerprint density at radius 2 is 1.38 bits per heavy atom. The average molecular weight is 522 g/mol. The van der Waals surface area contributed by atoms with E-state index < -0.39 is 23.4 Å². The fraction of sp³-hybridized carbons (Fsp3) is 0.903. The first-order valence-electron chi connectivity index (χ1n) is 15.6. The van der Waals surface area contributed by atoms with E-state index in [1.54, 1.807) is 0 Å². The summed E-state index contributed by atoms with van der Waals surface area (Å²) in [6, 6.07) is 0. The summed E-state index contributed by atoms with van der Waals surface area (Å²) >= 11 is 0. The molecule has 1 saturated heterocycles. The zero-order chi connectivity index (χ0) is 26.9. The number of cyclic esters (lactones) is 1. The summed E-state index contributed by atoms with van der Waals surface area (Å²) in [7, 11) is 0. The van der Waals surface area contributed by atoms with Gasteiger partial charge in [0.15, 0.2) is 0 Å². The Morgan fingerprint density at radius 1 is 0.865 bits per heavy atom. The molecular weight excluding hydrogens is 466 g/mol. The maximum absolute atomic E-state index is 13.0. The van der Waals surface area contributed by atoms with E-state index in [0.717, 1.165) is 32.1 Å². The molecule has 37 heavy (non-hydrogen) atoms. The first-order valence-corrected chi connectivity index (χ1v) is 15.6. The molecule has 2 rings (SSSR count). The predicted molar refractivity (Wildman–Crippen MR) is 148 cm³/mol. The summed E-state index contributed by atoms with van der Waals surface area (Å²) in [5.74, 6) is -1.58. The van der Waals surface area contributed by atoms with E-state index in [9.17, 15) is 14.4 Å². The number of hydrogen-bond donors (Lipinski definition) is 1. The normalized spacial score (nSPS) is 25.0. The van der Waals surface area contributed by atoms with E-state index in [2.05, 4.69) is 6.92 Å². The molecule has 0 bridgehead atoms. The van der Waals surface area contributed by atoms with Crippen molar-refractivity contribution in [1.82, 2.24) is 0 Å². The number of hydrogen-bond acceptors (Lipinski definition) is 5. The van der Waals surface area contributed by atoms with Gasteiger partial charge in [0.2, 0.25) is 5.91 Å². The molecule has 6 nitrogen and oxygen atoms in total. The van der Waals surface area contributed by atoms with Crippen molar-refractivity contribution in [3.8, 4) is 0 Å². The van der Waals surface area contributed by atoms with Crippen molar-refractivity contribution in [1.29, 1.82) is 0 Å². The lowest BCUT2D eigenvalue weighted by atomic mass is 9.74. The van der Waals surface area contributed by atoms with E-state index in [4.69, 9.17) is 15.2 Å². The minimum atomic E-state index is -1.22. The highest BCUT2D eigenvalue weighted by atomic mass is 16.6. The van der Waals surface area contributed by atoms with Gasteiger partial charge in [-0.15, -0.1) is 0 Å². The SMILES string of the molecule is CCCCCCCCCCCCCCCCCCC1CCC[C@]1(C(N)=O)C(=O)OC[C@H]1OC(=O)[C@H]1CC. The molecule has 4 atom stereocenters. The number of carbonyl (C=O) groups is 3. The summed E-state index contributed by atoms with van der Waals surface area (Å²) in [4.78, 5) is 37.0. The van der Waals surface area contributed by atoms with E-state index >= 15 is 0 Å². The summed E-state index contributed by atoms with van der Waals surface area (Å²) < 4.78 is 10.6. The van der Waals surface area contributed by atoms with Crippen molar-refractivity contribution in [2.24, 2.45) is 23.0 Å². The van der Waals surface area contributed by atoms with Gasteiger partial charge in [-0.25, -0.2) is 0 Å². The Balaban J connectivity index is 1.54. The minimum absolute atomic E-state index is 0.0177. The molecule has 1 heterocycles. The van der Waals surface area contributed by atoms with Crippen LogP contribution in [0.4, 0.5) is 0 Å². The van der Waals surface area contributed by atoms with Gasteiger partial charge in [0.1, 0.15) is 18.1 Å². The third-order valence-electron chi connectivity index (χ3n) is 8.87. The van der Waals surface area contributed by atoms with Crippen molar-refractivity contribution in [2.75, 3.05) is 6.61 Å². The number of primary amides is 1. The van der Waals surface area contributed by atoms with Crippen LogP contribution in [0.3, 0.4) is 0 Å². The van der Waals surface area contributed by atoms with Gasteiger partial charge in [-0.2, -0.15) is 0 Å². The molecule has 214 valence electrons. The first kappa shape index (κ1) is 31.6. The highest BCUT2D eigenvalue weighted by Gasteiger charge is 2.55. The van der Waals surface area contributed by atoms with Gasteiger partial charge < -0.3 is 15.2 Å². The molecule has 0 spiro atoms. The molecule has 2 fully saturated rings. The first-order chi connectivity index (χ1) is 18.0. The Bertz CT molecular complexity index is 681. The second kappa shape index (κ2) is 17.8. The van der Waals surface area contributed by atoms with E-state index in [-0.39, 0.29) is 24.4 Å². The minimum Gasteiger partial charge on any atom is -0.461 e. The molecule has 0 aromatic rings. The monoisotopic (exact) mass is 521 g/mol. The zero-order valence-electron chi connectivity index (χ0n) is 23.9. The number of carbonyl (C=O) groups excluding carboxylic acids is 3. The van der Waals surface area contributed by atoms with Crippen molar-refractivity contribution in [3.63, 3.8) is 0 Å². The molecule has 0 radical (unpaired) electrons. The van der Waals surface area contributed by atoms with Crippen LogP contribution in [0.2, 0.25) is 0 Å². The van der Waals surface area contributed by atoms with Crippen molar-refractivity contribution in [2.45, 2.75) is 155 Å². The van der Waals surface area contributed by atoms with Gasteiger partial charge in [0.25, 0.3) is 0 Å². The smallest absolute Gasteiger partial charge is 0.322 e. The number of unbranched alkanes of at least 4 members (excludes halogenated alkanes) is 15. The third kappa shape index (κ3) is 9.90. The molecule has 2 N–H and O–H groups in total. The van der Waals surface area contributed by atoms with Crippen LogP contribution < -0.4 is 5.73 Å². The quantitative estimate of drug-likeness (QED) is 0.0909. The lowest BCUT2D eigenvalue weighted by Gasteiger charge is -2.35. The van der Waals surface area contributed by atoms with Gasteiger partial charge in [-0.3, -0.25) is 14.4 Å². The van der Waals surface area contributed by atoms with Crippen molar-refractivity contribution < 1.29 is 23.9 Å². The largest absolute Gasteiger partial charge is 0.461 e. The van der Waals surface area contributed by atoms with Crippen LogP contribution in [0.25, 0.3) is 0 Å². The average Bonchev–Trinajstić information content (AvgIpc) is 3.31. The van der Waals surface area contributed by atoms with E-state index in [0.29, 0.717) is 12.8 Å². The molecule has 0 aromatic heterocycles. The molecular formula is C31H55NO5. The summed E-state index contributed by atoms with van der Waals surface area (Å²) in [5.41, 5.74) is 4.57. The number of esters is 2. The van der Waals surface area contributed by atoms with Crippen LogP contribution in [-0.2, 0) is 23.9 Å². The van der Waals surface area contributed by atoms with Gasteiger partial charge in [-0.1, -0.05) is 123 Å².